The van der Waals surface area contributed by atoms with E-state index in [0.29, 0.717) is 12.2 Å². The lowest BCUT2D eigenvalue weighted by molar-refractivity contribution is 0.100. The van der Waals surface area contributed by atoms with E-state index in [1.54, 1.807) is 24.3 Å². The Morgan fingerprint density at radius 2 is 1.88 bits per heavy atom. The maximum atomic E-state index is 10.8. The Morgan fingerprint density at radius 3 is 2.44 bits per heavy atom. The number of primary amides is 1. The van der Waals surface area contributed by atoms with Gasteiger partial charge >= 0.3 is 0 Å². The molecule has 1 amide bonds. The molecule has 0 aromatic heterocycles. The summed E-state index contributed by atoms with van der Waals surface area (Å²) in [5.41, 5.74) is 5.64. The van der Waals surface area contributed by atoms with Crippen LogP contribution in [0.2, 0.25) is 0 Å². The maximum absolute atomic E-state index is 10.8. The van der Waals surface area contributed by atoms with Crippen molar-refractivity contribution in [3.05, 3.63) is 29.8 Å². The van der Waals surface area contributed by atoms with Gasteiger partial charge in [0.15, 0.2) is 0 Å². The smallest absolute Gasteiger partial charge is 0.248 e. The molecular weight excluding hydrogens is 270 g/mol. The average molecular weight is 286 g/mol. The van der Waals surface area contributed by atoms with E-state index in [-0.39, 0.29) is 0 Å². The third-order valence-electron chi connectivity index (χ3n) is 2.19. The SMILES string of the molecule is NC(=O)c1ccc(OCCCCCBr)cc1. The van der Waals surface area contributed by atoms with E-state index in [1.807, 2.05) is 0 Å². The average Bonchev–Trinajstić information content (AvgIpc) is 2.29. The summed E-state index contributed by atoms with van der Waals surface area (Å²) in [6.07, 6.45) is 3.37. The van der Waals surface area contributed by atoms with E-state index in [9.17, 15) is 4.79 Å². The normalized spacial score (nSPS) is 10.1. The van der Waals surface area contributed by atoms with Gasteiger partial charge in [0.1, 0.15) is 5.75 Å². The van der Waals surface area contributed by atoms with Crippen molar-refractivity contribution >= 4 is 21.8 Å². The summed E-state index contributed by atoms with van der Waals surface area (Å²) in [5, 5.41) is 1.04. The second-order valence-electron chi connectivity index (χ2n) is 3.49. The summed E-state index contributed by atoms with van der Waals surface area (Å²) in [5.74, 6) is 0.368. The number of hydrogen-bond acceptors (Lipinski definition) is 2. The van der Waals surface area contributed by atoms with Gasteiger partial charge in [-0.15, -0.1) is 0 Å². The fraction of sp³-hybridized carbons (Fsp3) is 0.417. The minimum Gasteiger partial charge on any atom is -0.494 e. The van der Waals surface area contributed by atoms with Crippen molar-refractivity contribution in [1.82, 2.24) is 0 Å². The summed E-state index contributed by atoms with van der Waals surface area (Å²) in [4.78, 5) is 10.8. The van der Waals surface area contributed by atoms with Crippen LogP contribution in [0.25, 0.3) is 0 Å². The van der Waals surface area contributed by atoms with Gasteiger partial charge in [0, 0.05) is 10.9 Å². The Morgan fingerprint density at radius 1 is 1.19 bits per heavy atom. The zero-order chi connectivity index (χ0) is 11.8. The third-order valence-corrected chi connectivity index (χ3v) is 2.75. The Balaban J connectivity index is 2.29. The first-order valence-corrected chi connectivity index (χ1v) is 6.45. The van der Waals surface area contributed by atoms with Crippen LogP contribution in [0.1, 0.15) is 29.6 Å². The number of benzene rings is 1. The van der Waals surface area contributed by atoms with Gasteiger partial charge in [-0.25, -0.2) is 0 Å². The van der Waals surface area contributed by atoms with Crippen molar-refractivity contribution < 1.29 is 9.53 Å². The Kier molecular flexibility index (Phi) is 5.93. The highest BCUT2D eigenvalue weighted by Crippen LogP contribution is 2.12. The number of nitrogens with two attached hydrogens (primary N) is 1. The summed E-state index contributed by atoms with van der Waals surface area (Å²) < 4.78 is 5.52. The quantitative estimate of drug-likeness (QED) is 0.619. The van der Waals surface area contributed by atoms with Gasteiger partial charge in [0.2, 0.25) is 5.91 Å². The molecule has 0 bridgehead atoms. The molecular formula is C12H16BrNO2. The number of rotatable bonds is 7. The predicted molar refractivity (Wildman–Crippen MR) is 68.1 cm³/mol. The second kappa shape index (κ2) is 7.28. The lowest BCUT2D eigenvalue weighted by Gasteiger charge is -2.05. The van der Waals surface area contributed by atoms with Gasteiger partial charge in [-0.05, 0) is 43.5 Å². The number of hydrogen-bond donors (Lipinski definition) is 1. The van der Waals surface area contributed by atoms with Gasteiger partial charge in [-0.1, -0.05) is 15.9 Å². The van der Waals surface area contributed by atoms with Crippen LogP contribution in [0, 0.1) is 0 Å². The molecule has 0 unspecified atom stereocenters. The van der Waals surface area contributed by atoms with Crippen molar-refractivity contribution in [3.8, 4) is 5.75 Å². The van der Waals surface area contributed by atoms with Crippen LogP contribution in [0.3, 0.4) is 0 Å². The second-order valence-corrected chi connectivity index (χ2v) is 4.28. The molecule has 4 heteroatoms. The van der Waals surface area contributed by atoms with Crippen molar-refractivity contribution in [3.63, 3.8) is 0 Å². The van der Waals surface area contributed by atoms with Crippen LogP contribution in [-0.4, -0.2) is 17.8 Å². The first-order valence-electron chi connectivity index (χ1n) is 5.32. The fourth-order valence-corrected chi connectivity index (χ4v) is 1.68. The molecule has 1 aromatic rings. The van der Waals surface area contributed by atoms with Crippen LogP contribution in [0.4, 0.5) is 0 Å². The Hall–Kier alpha value is -1.03. The van der Waals surface area contributed by atoms with E-state index in [0.717, 1.165) is 23.9 Å². The van der Waals surface area contributed by atoms with Gasteiger partial charge < -0.3 is 10.5 Å². The van der Waals surface area contributed by atoms with Crippen LogP contribution in [-0.2, 0) is 0 Å². The summed E-state index contributed by atoms with van der Waals surface area (Å²) in [6.45, 7) is 0.711. The van der Waals surface area contributed by atoms with E-state index in [2.05, 4.69) is 15.9 Å². The van der Waals surface area contributed by atoms with Gasteiger partial charge in [-0.3, -0.25) is 4.79 Å². The van der Waals surface area contributed by atoms with Crippen molar-refractivity contribution in [1.29, 1.82) is 0 Å². The summed E-state index contributed by atoms with van der Waals surface area (Å²) in [6, 6.07) is 6.89. The van der Waals surface area contributed by atoms with E-state index in [1.165, 1.54) is 6.42 Å². The van der Waals surface area contributed by atoms with Crippen molar-refractivity contribution in [2.24, 2.45) is 5.73 Å². The van der Waals surface area contributed by atoms with Crippen LogP contribution in [0.5, 0.6) is 5.75 Å². The minimum absolute atomic E-state index is 0.413. The zero-order valence-electron chi connectivity index (χ0n) is 9.12. The van der Waals surface area contributed by atoms with Crippen LogP contribution < -0.4 is 10.5 Å². The lowest BCUT2D eigenvalue weighted by Crippen LogP contribution is -2.10. The number of halogens is 1. The number of carbonyl (C=O) groups excluding carboxylic acids is 1. The highest BCUT2D eigenvalue weighted by atomic mass is 79.9. The molecule has 0 heterocycles. The van der Waals surface area contributed by atoms with Gasteiger partial charge in [0.25, 0.3) is 0 Å². The standard InChI is InChI=1S/C12H16BrNO2/c13-8-2-1-3-9-16-11-6-4-10(5-7-11)12(14)15/h4-7H,1-3,8-9H2,(H2,14,15). The first kappa shape index (κ1) is 13.0. The molecule has 0 aliphatic rings. The Bertz CT molecular complexity index is 324. The third kappa shape index (κ3) is 4.66. The first-order chi connectivity index (χ1) is 7.74. The molecule has 0 spiro atoms. The number of amides is 1. The molecule has 0 radical (unpaired) electrons. The number of carbonyl (C=O) groups is 1. The molecule has 0 aliphatic heterocycles. The van der Waals surface area contributed by atoms with E-state index in [4.69, 9.17) is 10.5 Å². The molecule has 0 atom stereocenters. The van der Waals surface area contributed by atoms with E-state index >= 15 is 0 Å². The van der Waals surface area contributed by atoms with E-state index < -0.39 is 5.91 Å². The molecule has 1 aromatic carbocycles. The molecule has 88 valence electrons. The molecule has 2 N–H and O–H groups in total. The zero-order valence-corrected chi connectivity index (χ0v) is 10.7. The van der Waals surface area contributed by atoms with Crippen LogP contribution in [0.15, 0.2) is 24.3 Å². The molecule has 0 saturated carbocycles. The molecule has 0 fully saturated rings. The Labute approximate surface area is 104 Å². The topological polar surface area (TPSA) is 52.3 Å². The number of alkyl halides is 1. The summed E-state index contributed by atoms with van der Waals surface area (Å²) >= 11 is 3.38. The predicted octanol–water partition coefficient (Wildman–Crippen LogP) is 2.73. The molecule has 16 heavy (non-hydrogen) atoms. The minimum atomic E-state index is -0.413. The highest BCUT2D eigenvalue weighted by Gasteiger charge is 1.99. The lowest BCUT2D eigenvalue weighted by atomic mass is 10.2. The highest BCUT2D eigenvalue weighted by molar-refractivity contribution is 9.09. The largest absolute Gasteiger partial charge is 0.494 e. The number of ether oxygens (including phenoxy) is 1. The molecule has 0 aliphatic carbocycles. The molecule has 3 nitrogen and oxygen atoms in total. The monoisotopic (exact) mass is 285 g/mol. The molecule has 0 saturated heterocycles. The summed E-state index contributed by atoms with van der Waals surface area (Å²) in [7, 11) is 0. The van der Waals surface area contributed by atoms with Gasteiger partial charge in [0.05, 0.1) is 6.61 Å². The van der Waals surface area contributed by atoms with Gasteiger partial charge in [-0.2, -0.15) is 0 Å². The molecule has 1 rings (SSSR count). The van der Waals surface area contributed by atoms with Crippen molar-refractivity contribution in [2.45, 2.75) is 19.3 Å². The fourth-order valence-electron chi connectivity index (χ4n) is 1.28. The number of unbranched alkanes of at least 4 members (excludes halogenated alkanes) is 2. The van der Waals surface area contributed by atoms with Crippen molar-refractivity contribution in [2.75, 3.05) is 11.9 Å². The maximum Gasteiger partial charge on any atom is 0.248 e. The van der Waals surface area contributed by atoms with Crippen LogP contribution >= 0.6 is 15.9 Å².